The van der Waals surface area contributed by atoms with Gasteiger partial charge < -0.3 is 15.2 Å². The molecule has 2 N–H and O–H groups in total. The molecule has 0 unspecified atom stereocenters. The third-order valence-corrected chi connectivity index (χ3v) is 1.80. The van der Waals surface area contributed by atoms with Crippen molar-refractivity contribution in [1.82, 2.24) is 0 Å². The van der Waals surface area contributed by atoms with E-state index in [9.17, 15) is 9.59 Å². The van der Waals surface area contributed by atoms with Crippen LogP contribution in [0.4, 0.5) is 5.69 Å². The lowest BCUT2D eigenvalue weighted by molar-refractivity contribution is 0.0599. The summed E-state index contributed by atoms with van der Waals surface area (Å²) in [5.74, 6) is -1.10. The van der Waals surface area contributed by atoms with E-state index >= 15 is 0 Å². The Kier molecular flexibility index (Phi) is 6.40. The molecule has 0 radical (unpaired) electrons. The van der Waals surface area contributed by atoms with E-state index in [1.807, 2.05) is 13.8 Å². The minimum atomic E-state index is -0.549. The Bertz CT molecular complexity index is 367. The van der Waals surface area contributed by atoms with Crippen molar-refractivity contribution in [3.8, 4) is 0 Å². The van der Waals surface area contributed by atoms with E-state index in [0.717, 1.165) is 0 Å². The summed E-state index contributed by atoms with van der Waals surface area (Å²) in [4.78, 5) is 22.4. The van der Waals surface area contributed by atoms with Crippen molar-refractivity contribution in [2.45, 2.75) is 13.8 Å². The Labute approximate surface area is 101 Å². The minimum absolute atomic E-state index is 0.220. The first-order valence-corrected chi connectivity index (χ1v) is 5.15. The number of esters is 2. The SMILES string of the molecule is CC.COC(=O)c1cc(N)cc(C(=O)OC)c1. The second-order valence-electron chi connectivity index (χ2n) is 2.83. The maximum Gasteiger partial charge on any atom is 0.337 e. The van der Waals surface area contributed by atoms with Crippen LogP contribution in [0.2, 0.25) is 0 Å². The third kappa shape index (κ3) is 4.14. The van der Waals surface area contributed by atoms with Crippen LogP contribution >= 0.6 is 0 Å². The second-order valence-corrected chi connectivity index (χ2v) is 2.83. The van der Waals surface area contributed by atoms with E-state index in [1.165, 1.54) is 32.4 Å². The highest BCUT2D eigenvalue weighted by molar-refractivity contribution is 5.96. The van der Waals surface area contributed by atoms with Gasteiger partial charge >= 0.3 is 11.9 Å². The van der Waals surface area contributed by atoms with Crippen LogP contribution < -0.4 is 5.73 Å². The smallest absolute Gasteiger partial charge is 0.337 e. The van der Waals surface area contributed by atoms with Gasteiger partial charge in [0.25, 0.3) is 0 Å². The van der Waals surface area contributed by atoms with Crippen LogP contribution in [0.5, 0.6) is 0 Å². The molecule has 0 aliphatic carbocycles. The number of rotatable bonds is 2. The highest BCUT2D eigenvalue weighted by atomic mass is 16.5. The molecule has 1 aromatic carbocycles. The minimum Gasteiger partial charge on any atom is -0.465 e. The normalized spacial score (nSPS) is 8.71. The molecule has 0 fully saturated rings. The number of benzene rings is 1. The van der Waals surface area contributed by atoms with Gasteiger partial charge in [-0.2, -0.15) is 0 Å². The molecular formula is C12H17NO4. The summed E-state index contributed by atoms with van der Waals surface area (Å²) in [5.41, 5.74) is 6.27. The summed E-state index contributed by atoms with van der Waals surface area (Å²) < 4.78 is 9.03. The van der Waals surface area contributed by atoms with Crippen LogP contribution in [0.3, 0.4) is 0 Å². The number of carbonyl (C=O) groups is 2. The van der Waals surface area contributed by atoms with Gasteiger partial charge in [0.05, 0.1) is 25.3 Å². The highest BCUT2D eigenvalue weighted by Crippen LogP contribution is 2.13. The molecule has 5 nitrogen and oxygen atoms in total. The number of methoxy groups -OCH3 is 2. The molecule has 1 aromatic rings. The van der Waals surface area contributed by atoms with Crippen molar-refractivity contribution in [3.05, 3.63) is 29.3 Å². The number of carbonyl (C=O) groups excluding carboxylic acids is 2. The fourth-order valence-corrected chi connectivity index (χ4v) is 1.12. The molecule has 0 saturated heterocycles. The van der Waals surface area contributed by atoms with Crippen LogP contribution in [-0.2, 0) is 9.47 Å². The number of nitrogens with two attached hydrogens (primary N) is 1. The zero-order valence-electron chi connectivity index (χ0n) is 10.4. The summed E-state index contributed by atoms with van der Waals surface area (Å²) in [6, 6.07) is 4.23. The number of anilines is 1. The molecule has 94 valence electrons. The fourth-order valence-electron chi connectivity index (χ4n) is 1.12. The number of nitrogen functional groups attached to an aromatic ring is 1. The van der Waals surface area contributed by atoms with Gasteiger partial charge in [0.15, 0.2) is 0 Å². The number of hydrogen-bond acceptors (Lipinski definition) is 5. The molecule has 0 aliphatic rings. The molecule has 5 heteroatoms. The standard InChI is InChI=1S/C10H11NO4.C2H6/c1-14-9(12)6-3-7(10(13)15-2)5-8(11)4-6;1-2/h3-5H,11H2,1-2H3;1-2H3. The van der Waals surface area contributed by atoms with Crippen LogP contribution in [0.15, 0.2) is 18.2 Å². The molecule has 0 saturated carbocycles. The molecule has 0 amide bonds. The Hall–Kier alpha value is -2.04. The molecule has 0 aromatic heterocycles. The van der Waals surface area contributed by atoms with Gasteiger partial charge in [-0.15, -0.1) is 0 Å². The first-order chi connectivity index (χ1) is 8.08. The zero-order valence-corrected chi connectivity index (χ0v) is 10.4. The van der Waals surface area contributed by atoms with Crippen molar-refractivity contribution >= 4 is 17.6 Å². The van der Waals surface area contributed by atoms with E-state index in [-0.39, 0.29) is 11.1 Å². The van der Waals surface area contributed by atoms with Gasteiger partial charge in [-0.3, -0.25) is 0 Å². The molecular weight excluding hydrogens is 222 g/mol. The van der Waals surface area contributed by atoms with Crippen molar-refractivity contribution < 1.29 is 19.1 Å². The van der Waals surface area contributed by atoms with Gasteiger partial charge in [-0.25, -0.2) is 9.59 Å². The van der Waals surface area contributed by atoms with E-state index in [0.29, 0.717) is 5.69 Å². The van der Waals surface area contributed by atoms with Crippen molar-refractivity contribution in [1.29, 1.82) is 0 Å². The largest absolute Gasteiger partial charge is 0.465 e. The molecule has 0 spiro atoms. The lowest BCUT2D eigenvalue weighted by atomic mass is 10.1. The Morgan fingerprint density at radius 2 is 1.29 bits per heavy atom. The van der Waals surface area contributed by atoms with Gasteiger partial charge in [0.2, 0.25) is 0 Å². The van der Waals surface area contributed by atoms with Crippen molar-refractivity contribution in [2.75, 3.05) is 20.0 Å². The Morgan fingerprint density at radius 1 is 0.941 bits per heavy atom. The van der Waals surface area contributed by atoms with Gasteiger partial charge in [0, 0.05) is 5.69 Å². The lowest BCUT2D eigenvalue weighted by Gasteiger charge is -2.04. The van der Waals surface area contributed by atoms with E-state index in [4.69, 9.17) is 5.73 Å². The van der Waals surface area contributed by atoms with Crippen LogP contribution in [0, 0.1) is 0 Å². The first-order valence-electron chi connectivity index (χ1n) is 5.15. The maximum atomic E-state index is 11.2. The topological polar surface area (TPSA) is 78.6 Å². The number of ether oxygens (including phenoxy) is 2. The summed E-state index contributed by atoms with van der Waals surface area (Å²) in [5, 5.41) is 0. The van der Waals surface area contributed by atoms with E-state index in [1.54, 1.807) is 0 Å². The molecule has 17 heavy (non-hydrogen) atoms. The molecule has 1 rings (SSSR count). The summed E-state index contributed by atoms with van der Waals surface area (Å²) in [7, 11) is 2.51. The van der Waals surface area contributed by atoms with E-state index in [2.05, 4.69) is 9.47 Å². The van der Waals surface area contributed by atoms with Gasteiger partial charge in [0.1, 0.15) is 0 Å². The number of hydrogen-bond donors (Lipinski definition) is 1. The van der Waals surface area contributed by atoms with Crippen LogP contribution in [0.25, 0.3) is 0 Å². The summed E-state index contributed by atoms with van der Waals surface area (Å²) >= 11 is 0. The molecule has 0 atom stereocenters. The monoisotopic (exact) mass is 239 g/mol. The van der Waals surface area contributed by atoms with Gasteiger partial charge in [-0.05, 0) is 18.2 Å². The molecule has 0 bridgehead atoms. The Balaban J connectivity index is 0.00000121. The zero-order chi connectivity index (χ0) is 13.4. The molecule has 0 aliphatic heterocycles. The maximum absolute atomic E-state index is 11.2. The summed E-state index contributed by atoms with van der Waals surface area (Å²) in [6.07, 6.45) is 0. The predicted molar refractivity (Wildman–Crippen MR) is 64.9 cm³/mol. The average molecular weight is 239 g/mol. The third-order valence-electron chi connectivity index (χ3n) is 1.80. The Morgan fingerprint density at radius 3 is 1.59 bits per heavy atom. The average Bonchev–Trinajstić information content (AvgIpc) is 2.38. The molecule has 0 heterocycles. The lowest BCUT2D eigenvalue weighted by Crippen LogP contribution is -2.07. The quantitative estimate of drug-likeness (QED) is 0.629. The van der Waals surface area contributed by atoms with Gasteiger partial charge in [-0.1, -0.05) is 13.8 Å². The van der Waals surface area contributed by atoms with E-state index < -0.39 is 11.9 Å². The van der Waals surface area contributed by atoms with Crippen LogP contribution in [0.1, 0.15) is 34.6 Å². The fraction of sp³-hybridized carbons (Fsp3) is 0.333. The second kappa shape index (κ2) is 7.27. The van der Waals surface area contributed by atoms with Crippen LogP contribution in [-0.4, -0.2) is 26.2 Å². The van der Waals surface area contributed by atoms with Crippen molar-refractivity contribution in [2.24, 2.45) is 0 Å². The highest BCUT2D eigenvalue weighted by Gasteiger charge is 2.12. The first kappa shape index (κ1) is 15.0. The summed E-state index contributed by atoms with van der Waals surface area (Å²) in [6.45, 7) is 4.00. The van der Waals surface area contributed by atoms with Crippen molar-refractivity contribution in [3.63, 3.8) is 0 Å². The predicted octanol–water partition coefficient (Wildman–Crippen LogP) is 1.87.